The second-order valence-electron chi connectivity index (χ2n) is 7.26. The van der Waals surface area contributed by atoms with Gasteiger partial charge >= 0.3 is 6.18 Å². The molecule has 0 atom stereocenters. The summed E-state index contributed by atoms with van der Waals surface area (Å²) in [6.45, 7) is 0.131. The van der Waals surface area contributed by atoms with Crippen LogP contribution in [0.2, 0.25) is 0 Å². The van der Waals surface area contributed by atoms with E-state index < -0.39 is 27.2 Å². The van der Waals surface area contributed by atoms with Gasteiger partial charge in [-0.3, -0.25) is 9.52 Å². The summed E-state index contributed by atoms with van der Waals surface area (Å²) in [6, 6.07) is 11.4. The van der Waals surface area contributed by atoms with Gasteiger partial charge in [-0.15, -0.1) is 0 Å². The standard InChI is InChI=1S/C20H21F3N2O3S/c1-29(27,28)25-17-9-7-15(8-10-17)19(11-2-12-19)18(26)24-13-14-3-5-16(6-4-14)20(21,22)23/h3-10,25H,2,11-13H2,1H3,(H,24,26). The minimum absolute atomic E-state index is 0.131. The van der Waals surface area contributed by atoms with Gasteiger partial charge in [-0.05, 0) is 48.2 Å². The zero-order chi connectivity index (χ0) is 21.3. The predicted octanol–water partition coefficient (Wildman–Crippen LogP) is 3.82. The first-order valence-electron chi connectivity index (χ1n) is 9.02. The number of carbonyl (C=O) groups excluding carboxylic acids is 1. The van der Waals surface area contributed by atoms with Crippen LogP contribution in [0.4, 0.5) is 18.9 Å². The highest BCUT2D eigenvalue weighted by atomic mass is 32.2. The number of benzene rings is 2. The summed E-state index contributed by atoms with van der Waals surface area (Å²) < 4.78 is 62.9. The van der Waals surface area contributed by atoms with E-state index in [1.54, 1.807) is 24.3 Å². The van der Waals surface area contributed by atoms with Crippen molar-refractivity contribution in [2.45, 2.75) is 37.4 Å². The third-order valence-electron chi connectivity index (χ3n) is 5.12. The van der Waals surface area contributed by atoms with Gasteiger partial charge in [-0.1, -0.05) is 30.7 Å². The first-order valence-corrected chi connectivity index (χ1v) is 10.9. The molecule has 0 saturated heterocycles. The number of nitrogens with one attached hydrogen (secondary N) is 2. The van der Waals surface area contributed by atoms with Gasteiger partial charge in [0.05, 0.1) is 17.2 Å². The number of alkyl halides is 3. The van der Waals surface area contributed by atoms with Crippen molar-refractivity contribution in [2.75, 3.05) is 11.0 Å². The molecule has 156 valence electrons. The Morgan fingerprint density at radius 3 is 2.07 bits per heavy atom. The molecule has 0 aromatic heterocycles. The van der Waals surface area contributed by atoms with Crippen molar-refractivity contribution in [2.24, 2.45) is 0 Å². The molecular weight excluding hydrogens is 405 g/mol. The van der Waals surface area contributed by atoms with Crippen molar-refractivity contribution >= 4 is 21.6 Å². The van der Waals surface area contributed by atoms with Crippen LogP contribution in [-0.2, 0) is 33.0 Å². The Morgan fingerprint density at radius 2 is 1.62 bits per heavy atom. The number of hydrogen-bond acceptors (Lipinski definition) is 3. The van der Waals surface area contributed by atoms with Gasteiger partial charge in [0.15, 0.2) is 0 Å². The summed E-state index contributed by atoms with van der Waals surface area (Å²) in [4.78, 5) is 12.9. The first-order chi connectivity index (χ1) is 13.5. The minimum Gasteiger partial charge on any atom is -0.351 e. The quantitative estimate of drug-likeness (QED) is 0.738. The molecule has 1 aliphatic carbocycles. The molecule has 2 aromatic carbocycles. The summed E-state index contributed by atoms with van der Waals surface area (Å²) in [5.41, 5.74) is 0.346. The van der Waals surface area contributed by atoms with Gasteiger partial charge in [0.2, 0.25) is 15.9 Å². The van der Waals surface area contributed by atoms with Gasteiger partial charge < -0.3 is 5.32 Å². The lowest BCUT2D eigenvalue weighted by atomic mass is 9.63. The van der Waals surface area contributed by atoms with Crippen LogP contribution in [0.1, 0.15) is 36.0 Å². The number of hydrogen-bond donors (Lipinski definition) is 2. The Kier molecular flexibility index (Phi) is 5.62. The Balaban J connectivity index is 1.68. The first kappa shape index (κ1) is 21.2. The van der Waals surface area contributed by atoms with Gasteiger partial charge in [-0.2, -0.15) is 13.2 Å². The Labute approximate surface area is 167 Å². The fourth-order valence-corrected chi connectivity index (χ4v) is 3.98. The average Bonchev–Trinajstić information content (AvgIpc) is 2.59. The van der Waals surface area contributed by atoms with E-state index in [4.69, 9.17) is 0 Å². The third-order valence-corrected chi connectivity index (χ3v) is 5.72. The summed E-state index contributed by atoms with van der Waals surface area (Å²) in [5, 5.41) is 2.82. The summed E-state index contributed by atoms with van der Waals surface area (Å²) in [5.74, 6) is -0.188. The van der Waals surface area contributed by atoms with Crippen molar-refractivity contribution < 1.29 is 26.4 Å². The molecule has 0 spiro atoms. The zero-order valence-electron chi connectivity index (χ0n) is 15.7. The van der Waals surface area contributed by atoms with Crippen LogP contribution in [0.3, 0.4) is 0 Å². The number of amides is 1. The van der Waals surface area contributed by atoms with Gasteiger partial charge in [0.25, 0.3) is 0 Å². The van der Waals surface area contributed by atoms with E-state index in [1.807, 2.05) is 0 Å². The molecule has 1 fully saturated rings. The fourth-order valence-electron chi connectivity index (χ4n) is 3.41. The lowest BCUT2D eigenvalue weighted by Crippen LogP contribution is -2.49. The molecule has 29 heavy (non-hydrogen) atoms. The van der Waals surface area contributed by atoms with Crippen LogP contribution in [-0.4, -0.2) is 20.6 Å². The lowest BCUT2D eigenvalue weighted by molar-refractivity contribution is -0.137. The van der Waals surface area contributed by atoms with Crippen LogP contribution < -0.4 is 10.0 Å². The highest BCUT2D eigenvalue weighted by Crippen LogP contribution is 2.44. The Hall–Kier alpha value is -2.55. The monoisotopic (exact) mass is 426 g/mol. The van der Waals surface area contributed by atoms with Gasteiger partial charge in [0.1, 0.15) is 0 Å². The molecule has 0 aliphatic heterocycles. The Morgan fingerprint density at radius 1 is 1.03 bits per heavy atom. The zero-order valence-corrected chi connectivity index (χ0v) is 16.5. The van der Waals surface area contributed by atoms with Crippen LogP contribution in [0.25, 0.3) is 0 Å². The van der Waals surface area contributed by atoms with E-state index in [9.17, 15) is 26.4 Å². The molecule has 3 rings (SSSR count). The number of sulfonamides is 1. The molecule has 2 N–H and O–H groups in total. The van der Waals surface area contributed by atoms with Crippen LogP contribution >= 0.6 is 0 Å². The molecule has 9 heteroatoms. The number of anilines is 1. The molecular formula is C20H21F3N2O3S. The van der Waals surface area contributed by atoms with E-state index in [0.29, 0.717) is 24.1 Å². The molecule has 5 nitrogen and oxygen atoms in total. The number of carbonyl (C=O) groups is 1. The molecule has 0 unspecified atom stereocenters. The summed E-state index contributed by atoms with van der Waals surface area (Å²) >= 11 is 0. The normalized spacial score (nSPS) is 16.0. The molecule has 0 radical (unpaired) electrons. The van der Waals surface area contributed by atoms with E-state index in [2.05, 4.69) is 10.0 Å². The molecule has 1 amide bonds. The number of halogens is 3. The van der Waals surface area contributed by atoms with Crippen molar-refractivity contribution in [3.8, 4) is 0 Å². The molecule has 0 heterocycles. The highest BCUT2D eigenvalue weighted by Gasteiger charge is 2.45. The largest absolute Gasteiger partial charge is 0.416 e. The number of rotatable bonds is 6. The molecule has 1 saturated carbocycles. The molecule has 0 bridgehead atoms. The van der Waals surface area contributed by atoms with Crippen molar-refractivity contribution in [3.05, 3.63) is 65.2 Å². The Bertz CT molecular complexity index is 981. The maximum atomic E-state index is 12.9. The van der Waals surface area contributed by atoms with Crippen molar-refractivity contribution in [1.82, 2.24) is 5.32 Å². The maximum absolute atomic E-state index is 12.9. The average molecular weight is 426 g/mol. The van der Waals surface area contributed by atoms with Crippen LogP contribution in [0.5, 0.6) is 0 Å². The second kappa shape index (κ2) is 7.70. The van der Waals surface area contributed by atoms with E-state index >= 15 is 0 Å². The van der Waals surface area contributed by atoms with Gasteiger partial charge in [0, 0.05) is 12.2 Å². The fraction of sp³-hybridized carbons (Fsp3) is 0.350. The highest BCUT2D eigenvalue weighted by molar-refractivity contribution is 7.92. The molecule has 2 aromatic rings. The van der Waals surface area contributed by atoms with Crippen LogP contribution in [0.15, 0.2) is 48.5 Å². The van der Waals surface area contributed by atoms with Gasteiger partial charge in [-0.25, -0.2) is 8.42 Å². The summed E-state index contributed by atoms with van der Waals surface area (Å²) in [6.07, 6.45) is -1.13. The van der Waals surface area contributed by atoms with Crippen molar-refractivity contribution in [1.29, 1.82) is 0 Å². The SMILES string of the molecule is CS(=O)(=O)Nc1ccc(C2(C(=O)NCc3ccc(C(F)(F)F)cc3)CCC2)cc1. The smallest absolute Gasteiger partial charge is 0.351 e. The minimum atomic E-state index is -4.39. The summed E-state index contributed by atoms with van der Waals surface area (Å²) in [7, 11) is -3.38. The second-order valence-corrected chi connectivity index (χ2v) is 9.01. The van der Waals surface area contributed by atoms with E-state index in [0.717, 1.165) is 30.4 Å². The lowest BCUT2D eigenvalue weighted by Gasteiger charge is -2.40. The van der Waals surface area contributed by atoms with E-state index in [-0.39, 0.29) is 12.5 Å². The molecule has 1 aliphatic rings. The maximum Gasteiger partial charge on any atom is 0.416 e. The third kappa shape index (κ3) is 4.90. The van der Waals surface area contributed by atoms with Crippen LogP contribution in [0, 0.1) is 0 Å². The van der Waals surface area contributed by atoms with Crippen molar-refractivity contribution in [3.63, 3.8) is 0 Å². The predicted molar refractivity (Wildman–Crippen MR) is 104 cm³/mol. The topological polar surface area (TPSA) is 75.3 Å². The van der Waals surface area contributed by atoms with E-state index in [1.165, 1.54) is 12.1 Å².